The minimum atomic E-state index is -0.527. The summed E-state index contributed by atoms with van der Waals surface area (Å²) in [6.07, 6.45) is 0.923. The van der Waals surface area contributed by atoms with Gasteiger partial charge in [0.15, 0.2) is 11.5 Å². The van der Waals surface area contributed by atoms with Gasteiger partial charge >= 0.3 is 0 Å². The first-order valence-corrected chi connectivity index (χ1v) is 10.6. The monoisotopic (exact) mass is 441 g/mol. The summed E-state index contributed by atoms with van der Waals surface area (Å²) in [4.78, 5) is 34.9. The van der Waals surface area contributed by atoms with Crippen LogP contribution < -0.4 is 20.1 Å². The van der Waals surface area contributed by atoms with Gasteiger partial charge < -0.3 is 20.1 Å². The maximum Gasteiger partial charge on any atom is 0.269 e. The van der Waals surface area contributed by atoms with Crippen LogP contribution in [0.25, 0.3) is 0 Å². The van der Waals surface area contributed by atoms with Gasteiger partial charge in [-0.3, -0.25) is 19.7 Å². The third kappa shape index (κ3) is 5.96. The Kier molecular flexibility index (Phi) is 7.64. The fourth-order valence-electron chi connectivity index (χ4n) is 3.38. The molecule has 0 saturated heterocycles. The van der Waals surface area contributed by atoms with Crippen LogP contribution in [0.1, 0.15) is 48.7 Å². The summed E-state index contributed by atoms with van der Waals surface area (Å²) in [6, 6.07) is 10.8. The summed E-state index contributed by atoms with van der Waals surface area (Å²) >= 11 is 0. The molecule has 2 aromatic carbocycles. The Morgan fingerprint density at radius 3 is 2.41 bits per heavy atom. The fraction of sp³-hybridized carbons (Fsp3) is 0.391. The second kappa shape index (κ2) is 10.6. The van der Waals surface area contributed by atoms with Gasteiger partial charge in [-0.15, -0.1) is 0 Å². The molecule has 1 atom stereocenters. The van der Waals surface area contributed by atoms with Crippen LogP contribution in [0.3, 0.4) is 0 Å². The zero-order valence-corrected chi connectivity index (χ0v) is 18.1. The van der Waals surface area contributed by atoms with Crippen molar-refractivity contribution in [2.24, 2.45) is 5.92 Å². The van der Waals surface area contributed by atoms with E-state index in [-0.39, 0.29) is 36.5 Å². The van der Waals surface area contributed by atoms with Crippen molar-refractivity contribution in [3.8, 4) is 11.5 Å². The Labute approximate surface area is 186 Å². The maximum absolute atomic E-state index is 12.5. The summed E-state index contributed by atoms with van der Waals surface area (Å²) in [6.45, 7) is 5.38. The first-order chi connectivity index (χ1) is 15.3. The molecule has 2 aromatic rings. The van der Waals surface area contributed by atoms with E-state index < -0.39 is 10.8 Å². The number of hydrogen-bond acceptors (Lipinski definition) is 6. The number of ether oxygens (including phenoxy) is 2. The third-order valence-corrected chi connectivity index (χ3v) is 5.09. The van der Waals surface area contributed by atoms with Gasteiger partial charge in [0.1, 0.15) is 0 Å². The molecule has 2 amide bonds. The van der Waals surface area contributed by atoms with E-state index >= 15 is 0 Å². The number of amides is 2. The van der Waals surface area contributed by atoms with Gasteiger partial charge in [0, 0.05) is 37.1 Å². The maximum atomic E-state index is 12.5. The van der Waals surface area contributed by atoms with Crippen LogP contribution in [0.2, 0.25) is 0 Å². The number of nitro benzene ring substituents is 1. The number of non-ortho nitro benzene ring substituents is 1. The van der Waals surface area contributed by atoms with Crippen LogP contribution in [0.4, 0.5) is 5.69 Å². The molecule has 0 spiro atoms. The van der Waals surface area contributed by atoms with Crippen molar-refractivity contribution in [2.45, 2.75) is 32.7 Å². The van der Waals surface area contributed by atoms with E-state index in [4.69, 9.17) is 9.47 Å². The highest BCUT2D eigenvalue weighted by Crippen LogP contribution is 2.34. The van der Waals surface area contributed by atoms with E-state index in [1.54, 1.807) is 0 Å². The van der Waals surface area contributed by atoms with Crippen LogP contribution in [-0.4, -0.2) is 36.5 Å². The van der Waals surface area contributed by atoms with Gasteiger partial charge in [0.25, 0.3) is 11.6 Å². The largest absolute Gasteiger partial charge is 0.490 e. The SMILES string of the molecule is CC(C)[C@H](NC(=O)CCNC(=O)c1ccc([N+](=O)[O-])cc1)c1ccc2c(c1)OCCCO2. The Balaban J connectivity index is 1.54. The molecule has 9 nitrogen and oxygen atoms in total. The predicted octanol–water partition coefficient (Wildman–Crippen LogP) is 3.39. The van der Waals surface area contributed by atoms with Gasteiger partial charge in [0.05, 0.1) is 24.2 Å². The van der Waals surface area contributed by atoms with Gasteiger partial charge in [0.2, 0.25) is 5.91 Å². The molecule has 0 radical (unpaired) electrons. The van der Waals surface area contributed by atoms with Crippen LogP contribution in [0, 0.1) is 16.0 Å². The van der Waals surface area contributed by atoms with Crippen molar-refractivity contribution in [2.75, 3.05) is 19.8 Å². The summed E-state index contributed by atoms with van der Waals surface area (Å²) in [5.74, 6) is 0.929. The Bertz CT molecular complexity index is 974. The molecule has 1 heterocycles. The number of nitrogens with one attached hydrogen (secondary N) is 2. The molecule has 0 aromatic heterocycles. The van der Waals surface area contributed by atoms with Gasteiger partial charge in [-0.25, -0.2) is 0 Å². The number of benzene rings is 2. The number of nitrogens with zero attached hydrogens (tertiary/aromatic N) is 1. The first-order valence-electron chi connectivity index (χ1n) is 10.6. The number of carbonyl (C=O) groups excluding carboxylic acids is 2. The van der Waals surface area contributed by atoms with E-state index in [1.165, 1.54) is 24.3 Å². The number of rotatable bonds is 8. The molecule has 0 saturated carbocycles. The smallest absolute Gasteiger partial charge is 0.269 e. The van der Waals surface area contributed by atoms with Crippen molar-refractivity contribution < 1.29 is 24.0 Å². The highest BCUT2D eigenvalue weighted by molar-refractivity contribution is 5.94. The van der Waals surface area contributed by atoms with Gasteiger partial charge in [-0.05, 0) is 35.7 Å². The minimum absolute atomic E-state index is 0.0876. The topological polar surface area (TPSA) is 120 Å². The van der Waals surface area contributed by atoms with Gasteiger partial charge in [-0.2, -0.15) is 0 Å². The Morgan fingerprint density at radius 1 is 1.06 bits per heavy atom. The molecule has 0 bridgehead atoms. The van der Waals surface area contributed by atoms with Crippen molar-refractivity contribution in [1.29, 1.82) is 0 Å². The van der Waals surface area contributed by atoms with Crippen molar-refractivity contribution in [3.63, 3.8) is 0 Å². The summed E-state index contributed by atoms with van der Waals surface area (Å²) in [5.41, 5.74) is 1.13. The first kappa shape index (κ1) is 23.1. The van der Waals surface area contributed by atoms with Crippen LogP contribution in [-0.2, 0) is 4.79 Å². The van der Waals surface area contributed by atoms with Crippen LogP contribution >= 0.6 is 0 Å². The molecule has 3 rings (SSSR count). The van der Waals surface area contributed by atoms with E-state index in [2.05, 4.69) is 10.6 Å². The molecule has 32 heavy (non-hydrogen) atoms. The third-order valence-electron chi connectivity index (χ3n) is 5.09. The number of nitro groups is 1. The van der Waals surface area contributed by atoms with Crippen molar-refractivity contribution >= 4 is 17.5 Å². The average molecular weight is 441 g/mol. The van der Waals surface area contributed by atoms with E-state index in [1.807, 2.05) is 32.0 Å². The van der Waals surface area contributed by atoms with E-state index in [0.29, 0.717) is 30.3 Å². The zero-order chi connectivity index (χ0) is 23.1. The standard InChI is InChI=1S/C23H27N3O6/c1-15(2)22(17-6-9-19-20(14-17)32-13-3-12-31-19)25-21(27)10-11-24-23(28)16-4-7-18(8-5-16)26(29)30/h4-9,14-15,22H,3,10-13H2,1-2H3,(H,24,28)(H,25,27)/t22-/m0/s1. The minimum Gasteiger partial charge on any atom is -0.490 e. The molecule has 0 unspecified atom stereocenters. The summed E-state index contributed by atoms with van der Waals surface area (Å²) in [7, 11) is 0. The number of hydrogen-bond donors (Lipinski definition) is 2. The second-order valence-corrected chi connectivity index (χ2v) is 7.86. The van der Waals surface area contributed by atoms with E-state index in [9.17, 15) is 19.7 Å². The highest BCUT2D eigenvalue weighted by Gasteiger charge is 2.21. The zero-order valence-electron chi connectivity index (χ0n) is 18.1. The molecule has 1 aliphatic rings. The molecule has 0 fully saturated rings. The van der Waals surface area contributed by atoms with E-state index in [0.717, 1.165) is 12.0 Å². The van der Waals surface area contributed by atoms with Crippen molar-refractivity contribution in [1.82, 2.24) is 10.6 Å². The average Bonchev–Trinajstić information content (AvgIpc) is 3.02. The normalized spacial score (nSPS) is 13.7. The molecule has 0 aliphatic carbocycles. The van der Waals surface area contributed by atoms with Crippen LogP contribution in [0.5, 0.6) is 11.5 Å². The van der Waals surface area contributed by atoms with Crippen molar-refractivity contribution in [3.05, 3.63) is 63.7 Å². The Morgan fingerprint density at radius 2 is 1.75 bits per heavy atom. The van der Waals surface area contributed by atoms with Gasteiger partial charge in [-0.1, -0.05) is 19.9 Å². The molecular formula is C23H27N3O6. The predicted molar refractivity (Wildman–Crippen MR) is 118 cm³/mol. The number of carbonyl (C=O) groups is 2. The lowest BCUT2D eigenvalue weighted by atomic mass is 9.95. The second-order valence-electron chi connectivity index (χ2n) is 7.86. The quantitative estimate of drug-likeness (QED) is 0.479. The highest BCUT2D eigenvalue weighted by atomic mass is 16.6. The lowest BCUT2D eigenvalue weighted by molar-refractivity contribution is -0.384. The molecule has 170 valence electrons. The lowest BCUT2D eigenvalue weighted by Gasteiger charge is -2.24. The number of fused-ring (bicyclic) bond motifs is 1. The Hall–Kier alpha value is -3.62. The lowest BCUT2D eigenvalue weighted by Crippen LogP contribution is -2.34. The summed E-state index contributed by atoms with van der Waals surface area (Å²) in [5, 5.41) is 16.4. The molecule has 9 heteroatoms. The fourth-order valence-corrected chi connectivity index (χ4v) is 3.38. The van der Waals surface area contributed by atoms with Crippen LogP contribution in [0.15, 0.2) is 42.5 Å². The molecular weight excluding hydrogens is 414 g/mol. The molecule has 2 N–H and O–H groups in total. The summed E-state index contributed by atoms with van der Waals surface area (Å²) < 4.78 is 11.4. The molecule has 1 aliphatic heterocycles.